The lowest BCUT2D eigenvalue weighted by molar-refractivity contribution is 0.0999. The van der Waals surface area contributed by atoms with Crippen LogP contribution in [0.4, 0.5) is 0 Å². The molecule has 2 rings (SSSR count). The molecule has 0 spiro atoms. The summed E-state index contributed by atoms with van der Waals surface area (Å²) in [6, 6.07) is 11.9. The van der Waals surface area contributed by atoms with E-state index in [-0.39, 0.29) is 5.91 Å². The Morgan fingerprint density at radius 1 is 1.18 bits per heavy atom. The van der Waals surface area contributed by atoms with Crippen molar-refractivity contribution in [2.24, 2.45) is 5.73 Å². The maximum atomic E-state index is 11.5. The van der Waals surface area contributed by atoms with Crippen molar-refractivity contribution in [2.45, 2.75) is 26.2 Å². The van der Waals surface area contributed by atoms with Gasteiger partial charge in [0.05, 0.1) is 0 Å². The van der Waals surface area contributed by atoms with Crippen LogP contribution >= 0.6 is 0 Å². The highest BCUT2D eigenvalue weighted by Crippen LogP contribution is 2.24. The van der Waals surface area contributed by atoms with Gasteiger partial charge in [0.25, 0.3) is 0 Å². The van der Waals surface area contributed by atoms with Crippen LogP contribution in [0, 0.1) is 0 Å². The van der Waals surface area contributed by atoms with Gasteiger partial charge in [-0.05, 0) is 35.2 Å². The van der Waals surface area contributed by atoms with Gasteiger partial charge in [-0.15, -0.1) is 0 Å². The fourth-order valence-corrected chi connectivity index (χ4v) is 2.19. The average Bonchev–Trinajstić information content (AvgIpc) is 2.35. The van der Waals surface area contributed by atoms with Gasteiger partial charge in [-0.3, -0.25) is 4.79 Å². The van der Waals surface area contributed by atoms with Gasteiger partial charge in [0.15, 0.2) is 0 Å². The first-order chi connectivity index (χ1) is 8.24. The summed E-state index contributed by atoms with van der Waals surface area (Å²) >= 11 is 0. The maximum absolute atomic E-state index is 11.5. The fraction of sp³-hybridized carbons (Fsp3) is 0.267. The second kappa shape index (κ2) is 5.00. The Labute approximate surface area is 101 Å². The van der Waals surface area contributed by atoms with Gasteiger partial charge in [0.2, 0.25) is 5.91 Å². The molecule has 0 heterocycles. The number of carbonyl (C=O) groups is 1. The number of fused-ring (bicyclic) bond motifs is 1. The van der Waals surface area contributed by atoms with Crippen LogP contribution < -0.4 is 5.73 Å². The fourth-order valence-electron chi connectivity index (χ4n) is 2.19. The molecule has 0 aromatic heterocycles. The topological polar surface area (TPSA) is 43.1 Å². The SMILES string of the molecule is CCCCc1c(C(N)=O)ccc2ccccc12. The molecule has 1 amide bonds. The summed E-state index contributed by atoms with van der Waals surface area (Å²) in [6.45, 7) is 2.15. The molecule has 2 nitrogen and oxygen atoms in total. The molecule has 2 aromatic carbocycles. The van der Waals surface area contributed by atoms with E-state index in [0.29, 0.717) is 5.56 Å². The lowest BCUT2D eigenvalue weighted by atomic mass is 9.95. The molecule has 0 atom stereocenters. The van der Waals surface area contributed by atoms with E-state index in [1.54, 1.807) is 0 Å². The number of primary amides is 1. The third kappa shape index (κ3) is 2.31. The first kappa shape index (κ1) is 11.6. The molecule has 0 saturated carbocycles. The van der Waals surface area contributed by atoms with E-state index >= 15 is 0 Å². The van der Waals surface area contributed by atoms with Crippen molar-refractivity contribution in [2.75, 3.05) is 0 Å². The van der Waals surface area contributed by atoms with Gasteiger partial charge >= 0.3 is 0 Å². The number of amides is 1. The first-order valence-electron chi connectivity index (χ1n) is 6.04. The lowest BCUT2D eigenvalue weighted by Crippen LogP contribution is -2.14. The molecular formula is C15H17NO. The molecule has 0 aliphatic rings. The zero-order valence-electron chi connectivity index (χ0n) is 10.1. The number of aryl methyl sites for hydroxylation is 1. The Kier molecular flexibility index (Phi) is 3.43. The van der Waals surface area contributed by atoms with E-state index in [4.69, 9.17) is 5.73 Å². The van der Waals surface area contributed by atoms with E-state index < -0.39 is 0 Å². The smallest absolute Gasteiger partial charge is 0.248 e. The zero-order valence-corrected chi connectivity index (χ0v) is 10.1. The Bertz CT molecular complexity index is 546. The van der Waals surface area contributed by atoms with Crippen molar-refractivity contribution in [1.82, 2.24) is 0 Å². The average molecular weight is 227 g/mol. The minimum absolute atomic E-state index is 0.332. The van der Waals surface area contributed by atoms with Crippen LogP contribution in [-0.4, -0.2) is 5.91 Å². The highest BCUT2D eigenvalue weighted by atomic mass is 16.1. The maximum Gasteiger partial charge on any atom is 0.248 e. The van der Waals surface area contributed by atoms with E-state index in [9.17, 15) is 4.79 Å². The molecule has 0 bridgehead atoms. The van der Waals surface area contributed by atoms with Crippen molar-refractivity contribution in [3.63, 3.8) is 0 Å². The number of benzene rings is 2. The second-order valence-electron chi connectivity index (χ2n) is 4.28. The summed E-state index contributed by atoms with van der Waals surface area (Å²) in [6.07, 6.45) is 3.10. The van der Waals surface area contributed by atoms with Gasteiger partial charge in [-0.2, -0.15) is 0 Å². The highest BCUT2D eigenvalue weighted by Gasteiger charge is 2.10. The first-order valence-corrected chi connectivity index (χ1v) is 6.04. The molecule has 0 aliphatic carbocycles. The minimum Gasteiger partial charge on any atom is -0.366 e. The standard InChI is InChI=1S/C15H17NO/c1-2-3-7-13-12-8-5-4-6-11(12)9-10-14(13)15(16)17/h4-6,8-10H,2-3,7H2,1H3,(H2,16,17). The summed E-state index contributed by atoms with van der Waals surface area (Å²) in [5.41, 5.74) is 7.20. The number of rotatable bonds is 4. The Balaban J connectivity index is 2.61. The number of unbranched alkanes of at least 4 members (excludes halogenated alkanes) is 1. The van der Waals surface area contributed by atoms with Crippen LogP contribution in [0.3, 0.4) is 0 Å². The predicted octanol–water partition coefficient (Wildman–Crippen LogP) is 3.28. The number of hydrogen-bond donors (Lipinski definition) is 1. The summed E-state index contributed by atoms with van der Waals surface area (Å²) in [5, 5.41) is 2.32. The second-order valence-corrected chi connectivity index (χ2v) is 4.28. The summed E-state index contributed by atoms with van der Waals surface area (Å²) in [4.78, 5) is 11.5. The van der Waals surface area contributed by atoms with Gasteiger partial charge in [0.1, 0.15) is 0 Å². The van der Waals surface area contributed by atoms with Gasteiger partial charge in [-0.25, -0.2) is 0 Å². The monoisotopic (exact) mass is 227 g/mol. The third-order valence-electron chi connectivity index (χ3n) is 3.09. The molecule has 0 radical (unpaired) electrons. The van der Waals surface area contributed by atoms with Crippen LogP contribution in [-0.2, 0) is 6.42 Å². The largest absolute Gasteiger partial charge is 0.366 e. The quantitative estimate of drug-likeness (QED) is 0.855. The molecule has 0 unspecified atom stereocenters. The Hall–Kier alpha value is -1.83. The summed E-state index contributed by atoms with van der Waals surface area (Å²) in [7, 11) is 0. The molecule has 2 aromatic rings. The summed E-state index contributed by atoms with van der Waals surface area (Å²) < 4.78 is 0. The molecule has 0 aliphatic heterocycles. The van der Waals surface area contributed by atoms with Crippen molar-refractivity contribution in [3.8, 4) is 0 Å². The molecule has 0 fully saturated rings. The van der Waals surface area contributed by atoms with E-state index in [0.717, 1.165) is 30.2 Å². The van der Waals surface area contributed by atoms with Crippen LogP contribution in [0.15, 0.2) is 36.4 Å². The van der Waals surface area contributed by atoms with Crippen LogP contribution in [0.5, 0.6) is 0 Å². The van der Waals surface area contributed by atoms with Gasteiger partial charge in [-0.1, -0.05) is 43.7 Å². The molecular weight excluding hydrogens is 210 g/mol. The predicted molar refractivity (Wildman–Crippen MR) is 71.1 cm³/mol. The van der Waals surface area contributed by atoms with E-state index in [2.05, 4.69) is 19.1 Å². The zero-order chi connectivity index (χ0) is 12.3. The van der Waals surface area contributed by atoms with Gasteiger partial charge < -0.3 is 5.73 Å². The molecule has 0 saturated heterocycles. The van der Waals surface area contributed by atoms with Crippen molar-refractivity contribution in [3.05, 3.63) is 47.5 Å². The Morgan fingerprint density at radius 3 is 2.65 bits per heavy atom. The molecule has 88 valence electrons. The van der Waals surface area contributed by atoms with Crippen molar-refractivity contribution < 1.29 is 4.79 Å². The van der Waals surface area contributed by atoms with E-state index in [1.807, 2.05) is 24.3 Å². The minimum atomic E-state index is -0.332. The van der Waals surface area contributed by atoms with Gasteiger partial charge in [0, 0.05) is 5.56 Å². The number of carbonyl (C=O) groups excluding carboxylic acids is 1. The normalized spacial score (nSPS) is 10.6. The third-order valence-corrected chi connectivity index (χ3v) is 3.09. The Morgan fingerprint density at radius 2 is 1.94 bits per heavy atom. The lowest BCUT2D eigenvalue weighted by Gasteiger charge is -2.10. The van der Waals surface area contributed by atoms with E-state index in [1.165, 1.54) is 5.39 Å². The van der Waals surface area contributed by atoms with Crippen molar-refractivity contribution in [1.29, 1.82) is 0 Å². The number of nitrogens with two attached hydrogens (primary N) is 1. The molecule has 17 heavy (non-hydrogen) atoms. The van der Waals surface area contributed by atoms with Crippen LogP contribution in [0.2, 0.25) is 0 Å². The highest BCUT2D eigenvalue weighted by molar-refractivity contribution is 6.00. The number of hydrogen-bond acceptors (Lipinski definition) is 1. The van der Waals surface area contributed by atoms with Crippen molar-refractivity contribution >= 4 is 16.7 Å². The molecule has 2 N–H and O–H groups in total. The molecule has 2 heteroatoms. The van der Waals surface area contributed by atoms with Crippen LogP contribution in [0.1, 0.15) is 35.7 Å². The van der Waals surface area contributed by atoms with Crippen LogP contribution in [0.25, 0.3) is 10.8 Å². The summed E-state index contributed by atoms with van der Waals surface area (Å²) in [5.74, 6) is -0.332.